The summed E-state index contributed by atoms with van der Waals surface area (Å²) in [5.41, 5.74) is 2.27. The lowest BCUT2D eigenvalue weighted by atomic mass is 10.1. The highest BCUT2D eigenvalue weighted by Gasteiger charge is 2.09. The van der Waals surface area contributed by atoms with Gasteiger partial charge in [-0.1, -0.05) is 29.8 Å². The van der Waals surface area contributed by atoms with Crippen molar-refractivity contribution in [2.75, 3.05) is 0 Å². The summed E-state index contributed by atoms with van der Waals surface area (Å²) in [6.07, 6.45) is 1.39. The number of nitrogens with zero attached hydrogens (tertiary/aromatic N) is 1. The quantitative estimate of drug-likeness (QED) is 0.706. The molecule has 21 heavy (non-hydrogen) atoms. The Balaban J connectivity index is 2.08. The lowest BCUT2D eigenvalue weighted by molar-refractivity contribution is 0.479. The Morgan fingerprint density at radius 3 is 2.57 bits per heavy atom. The minimum Gasteiger partial charge on any atom is -0.506 e. The molecule has 0 radical (unpaired) electrons. The molecule has 3 rings (SSSR count). The van der Waals surface area contributed by atoms with Crippen molar-refractivity contribution in [1.29, 1.82) is 0 Å². The van der Waals surface area contributed by atoms with E-state index in [-0.39, 0.29) is 16.9 Å². The number of rotatable bonds is 2. The first-order valence-corrected chi connectivity index (χ1v) is 6.60. The molecule has 3 aromatic rings. The molecule has 0 amide bonds. The zero-order valence-electron chi connectivity index (χ0n) is 11.5. The molecule has 0 saturated carbocycles. The Morgan fingerprint density at radius 1 is 1.10 bits per heavy atom. The van der Waals surface area contributed by atoms with Crippen LogP contribution in [0.1, 0.15) is 11.1 Å². The molecule has 0 unspecified atom stereocenters. The minimum absolute atomic E-state index is 0.0507. The van der Waals surface area contributed by atoms with Crippen molar-refractivity contribution >= 4 is 22.8 Å². The summed E-state index contributed by atoms with van der Waals surface area (Å²) in [5.74, 6) is -0.0507. The standard InChI is InChI=1S/C17H14N2O2/c1-11-6-8-12(9-7-11)18-10-14-16(20)13-4-2-3-5-15(13)19-17(14)21/h2-10H,1H3,(H2,19,20,21). The van der Waals surface area contributed by atoms with Crippen LogP contribution in [0.5, 0.6) is 5.75 Å². The smallest absolute Gasteiger partial charge is 0.261 e. The van der Waals surface area contributed by atoms with E-state index >= 15 is 0 Å². The second-order valence-electron chi connectivity index (χ2n) is 4.86. The fraction of sp³-hybridized carbons (Fsp3) is 0.0588. The van der Waals surface area contributed by atoms with Crippen LogP contribution in [0.3, 0.4) is 0 Å². The number of hydrogen-bond donors (Lipinski definition) is 2. The van der Waals surface area contributed by atoms with Gasteiger partial charge in [0, 0.05) is 11.6 Å². The Morgan fingerprint density at radius 2 is 1.81 bits per heavy atom. The van der Waals surface area contributed by atoms with Gasteiger partial charge in [-0.2, -0.15) is 0 Å². The number of aromatic amines is 1. The summed E-state index contributed by atoms with van der Waals surface area (Å²) in [7, 11) is 0. The van der Waals surface area contributed by atoms with Crippen LogP contribution < -0.4 is 5.56 Å². The number of fused-ring (bicyclic) bond motifs is 1. The van der Waals surface area contributed by atoms with Crippen LogP contribution in [0.15, 0.2) is 58.3 Å². The number of H-pyrrole nitrogens is 1. The van der Waals surface area contributed by atoms with E-state index in [1.54, 1.807) is 24.3 Å². The highest BCUT2D eigenvalue weighted by Crippen LogP contribution is 2.23. The molecule has 0 aliphatic rings. The van der Waals surface area contributed by atoms with Gasteiger partial charge in [0.25, 0.3) is 5.56 Å². The third-order valence-corrected chi connectivity index (χ3v) is 3.31. The van der Waals surface area contributed by atoms with E-state index in [0.29, 0.717) is 10.9 Å². The maximum Gasteiger partial charge on any atom is 0.261 e. The van der Waals surface area contributed by atoms with Gasteiger partial charge in [-0.3, -0.25) is 9.79 Å². The predicted molar refractivity (Wildman–Crippen MR) is 84.7 cm³/mol. The Bertz CT molecular complexity index is 877. The van der Waals surface area contributed by atoms with Gasteiger partial charge in [-0.15, -0.1) is 0 Å². The van der Waals surface area contributed by atoms with Crippen molar-refractivity contribution in [3.05, 3.63) is 70.0 Å². The van der Waals surface area contributed by atoms with E-state index in [2.05, 4.69) is 9.98 Å². The molecular formula is C17H14N2O2. The molecule has 4 heteroatoms. The second kappa shape index (κ2) is 5.25. The van der Waals surface area contributed by atoms with Crippen LogP contribution in [-0.4, -0.2) is 16.3 Å². The molecular weight excluding hydrogens is 264 g/mol. The lowest BCUT2D eigenvalue weighted by Gasteiger charge is -2.03. The molecule has 0 aliphatic heterocycles. The number of para-hydroxylation sites is 1. The SMILES string of the molecule is Cc1ccc(N=Cc2c(O)c3ccccc3[nH]c2=O)cc1. The van der Waals surface area contributed by atoms with E-state index in [9.17, 15) is 9.90 Å². The normalized spacial score (nSPS) is 11.3. The molecule has 0 fully saturated rings. The zero-order valence-corrected chi connectivity index (χ0v) is 11.5. The van der Waals surface area contributed by atoms with E-state index in [0.717, 1.165) is 11.3 Å². The Labute approximate surface area is 121 Å². The number of aromatic nitrogens is 1. The van der Waals surface area contributed by atoms with Crippen molar-refractivity contribution in [1.82, 2.24) is 4.98 Å². The van der Waals surface area contributed by atoms with Crippen molar-refractivity contribution in [2.24, 2.45) is 4.99 Å². The summed E-state index contributed by atoms with van der Waals surface area (Å²) in [5, 5.41) is 10.8. The summed E-state index contributed by atoms with van der Waals surface area (Å²) in [6.45, 7) is 1.99. The van der Waals surface area contributed by atoms with Gasteiger partial charge in [0.2, 0.25) is 0 Å². The number of hydrogen-bond acceptors (Lipinski definition) is 3. The zero-order chi connectivity index (χ0) is 14.8. The van der Waals surface area contributed by atoms with E-state index in [1.807, 2.05) is 31.2 Å². The highest BCUT2D eigenvalue weighted by atomic mass is 16.3. The molecule has 0 atom stereocenters. The molecule has 1 heterocycles. The Kier molecular flexibility index (Phi) is 3.28. The number of benzene rings is 2. The monoisotopic (exact) mass is 278 g/mol. The van der Waals surface area contributed by atoms with Crippen LogP contribution in [0.25, 0.3) is 10.9 Å². The molecule has 104 valence electrons. The number of nitrogens with one attached hydrogen (secondary N) is 1. The molecule has 0 aliphatic carbocycles. The molecule has 4 nitrogen and oxygen atoms in total. The van der Waals surface area contributed by atoms with Crippen LogP contribution in [0.4, 0.5) is 5.69 Å². The van der Waals surface area contributed by atoms with Gasteiger partial charge in [0.1, 0.15) is 11.3 Å². The van der Waals surface area contributed by atoms with Gasteiger partial charge in [0.05, 0.1) is 11.2 Å². The molecule has 0 saturated heterocycles. The first kappa shape index (κ1) is 13.1. The molecule has 2 aromatic carbocycles. The van der Waals surface area contributed by atoms with Crippen molar-refractivity contribution in [3.8, 4) is 5.75 Å². The third kappa shape index (κ3) is 2.56. The topological polar surface area (TPSA) is 65.5 Å². The lowest BCUT2D eigenvalue weighted by Crippen LogP contribution is -2.12. The van der Waals surface area contributed by atoms with E-state index in [1.165, 1.54) is 6.21 Å². The predicted octanol–water partition coefficient (Wildman–Crippen LogP) is 3.29. The largest absolute Gasteiger partial charge is 0.506 e. The van der Waals surface area contributed by atoms with Crippen LogP contribution >= 0.6 is 0 Å². The summed E-state index contributed by atoms with van der Waals surface area (Å²) in [4.78, 5) is 19.0. The van der Waals surface area contributed by atoms with Crippen molar-refractivity contribution < 1.29 is 5.11 Å². The maximum absolute atomic E-state index is 12.0. The van der Waals surface area contributed by atoms with E-state index < -0.39 is 0 Å². The highest BCUT2D eigenvalue weighted by molar-refractivity contribution is 5.95. The fourth-order valence-electron chi connectivity index (χ4n) is 2.13. The number of aromatic hydroxyl groups is 1. The number of aryl methyl sites for hydroxylation is 1. The summed E-state index contributed by atoms with van der Waals surface area (Å²) >= 11 is 0. The van der Waals surface area contributed by atoms with Gasteiger partial charge in [-0.05, 0) is 31.2 Å². The van der Waals surface area contributed by atoms with Crippen molar-refractivity contribution in [3.63, 3.8) is 0 Å². The Hall–Kier alpha value is -2.88. The summed E-state index contributed by atoms with van der Waals surface area (Å²) < 4.78 is 0. The fourth-order valence-corrected chi connectivity index (χ4v) is 2.13. The molecule has 2 N–H and O–H groups in total. The van der Waals surface area contributed by atoms with Crippen LogP contribution in [0.2, 0.25) is 0 Å². The maximum atomic E-state index is 12.0. The third-order valence-electron chi connectivity index (χ3n) is 3.31. The first-order chi connectivity index (χ1) is 10.1. The van der Waals surface area contributed by atoms with Crippen molar-refractivity contribution in [2.45, 2.75) is 6.92 Å². The number of pyridine rings is 1. The van der Waals surface area contributed by atoms with E-state index in [4.69, 9.17) is 0 Å². The summed E-state index contributed by atoms with van der Waals surface area (Å²) in [6, 6.07) is 14.7. The van der Waals surface area contributed by atoms with Gasteiger partial charge in [-0.25, -0.2) is 0 Å². The average molecular weight is 278 g/mol. The van der Waals surface area contributed by atoms with Gasteiger partial charge >= 0.3 is 0 Å². The van der Waals surface area contributed by atoms with Gasteiger partial charge in [0.15, 0.2) is 0 Å². The molecule has 0 bridgehead atoms. The van der Waals surface area contributed by atoms with Crippen LogP contribution in [0, 0.1) is 6.92 Å². The first-order valence-electron chi connectivity index (χ1n) is 6.60. The van der Waals surface area contributed by atoms with Gasteiger partial charge < -0.3 is 10.1 Å². The minimum atomic E-state index is -0.359. The number of aliphatic imine (C=N–C) groups is 1. The molecule has 1 aromatic heterocycles. The second-order valence-corrected chi connectivity index (χ2v) is 4.86. The average Bonchev–Trinajstić information content (AvgIpc) is 2.49. The van der Waals surface area contributed by atoms with Crippen LogP contribution in [-0.2, 0) is 0 Å². The molecule has 0 spiro atoms.